The second-order valence-corrected chi connectivity index (χ2v) is 7.32. The molecule has 0 aromatic heterocycles. The van der Waals surface area contributed by atoms with Gasteiger partial charge in [0.05, 0.1) is 0 Å². The first-order valence-corrected chi connectivity index (χ1v) is 9.52. The number of ketones is 1. The lowest BCUT2D eigenvalue weighted by Gasteiger charge is -2.44. The highest BCUT2D eigenvalue weighted by Crippen LogP contribution is 2.42. The van der Waals surface area contributed by atoms with Crippen LogP contribution >= 0.6 is 11.6 Å². The van der Waals surface area contributed by atoms with E-state index in [1.165, 1.54) is 0 Å². The third kappa shape index (κ3) is 3.54. The molecular formula is C22H24ClNO2. The Kier molecular flexibility index (Phi) is 5.77. The van der Waals surface area contributed by atoms with Gasteiger partial charge in [0.15, 0.2) is 5.78 Å². The second kappa shape index (κ2) is 8.05. The number of nitrogens with zero attached hydrogens (tertiary/aromatic N) is 1. The van der Waals surface area contributed by atoms with Gasteiger partial charge in [-0.1, -0.05) is 60.1 Å². The summed E-state index contributed by atoms with van der Waals surface area (Å²) < 4.78 is 0. The summed E-state index contributed by atoms with van der Waals surface area (Å²) in [4.78, 5) is 27.7. The number of benzene rings is 2. The molecule has 0 saturated heterocycles. The molecule has 0 N–H and O–H groups in total. The average Bonchev–Trinajstić information content (AvgIpc) is 2.67. The number of aryl methyl sites for hydroxylation is 1. The van der Waals surface area contributed by atoms with Crippen LogP contribution in [0.4, 0.5) is 0 Å². The highest BCUT2D eigenvalue weighted by molar-refractivity contribution is 6.31. The molecule has 1 unspecified atom stereocenters. The molecule has 136 valence electrons. The fraction of sp³-hybridized carbons (Fsp3) is 0.364. The summed E-state index contributed by atoms with van der Waals surface area (Å²) in [5.41, 5.74) is 0.933. The molecule has 0 spiro atoms. The van der Waals surface area contributed by atoms with E-state index in [1.807, 2.05) is 48.5 Å². The molecule has 1 saturated carbocycles. The van der Waals surface area contributed by atoms with Crippen LogP contribution < -0.4 is 0 Å². The molecule has 1 amide bonds. The number of hydrogen-bond acceptors (Lipinski definition) is 2. The molecule has 1 atom stereocenters. The zero-order valence-corrected chi connectivity index (χ0v) is 15.8. The molecule has 2 aromatic rings. The van der Waals surface area contributed by atoms with Crippen LogP contribution in [0.25, 0.3) is 0 Å². The smallest absolute Gasteiger partial charge is 0.223 e. The Hall–Kier alpha value is -2.13. The van der Waals surface area contributed by atoms with Crippen molar-refractivity contribution >= 4 is 23.3 Å². The third-order valence-electron chi connectivity index (χ3n) is 5.39. The van der Waals surface area contributed by atoms with E-state index >= 15 is 0 Å². The molecule has 1 aliphatic rings. The molecule has 3 rings (SSSR count). The van der Waals surface area contributed by atoms with E-state index in [2.05, 4.69) is 0 Å². The SMILES string of the molecule is CN(C(=O)CCc1ccccc1)C1(c2ccccc2Cl)CCCCC1=O. The van der Waals surface area contributed by atoms with Gasteiger partial charge in [-0.3, -0.25) is 9.59 Å². The minimum absolute atomic E-state index is 0.0241. The van der Waals surface area contributed by atoms with Crippen LogP contribution in [-0.4, -0.2) is 23.6 Å². The van der Waals surface area contributed by atoms with Gasteiger partial charge in [0.1, 0.15) is 5.54 Å². The Morgan fingerprint density at radius 1 is 1.08 bits per heavy atom. The van der Waals surface area contributed by atoms with Crippen LogP contribution in [0.2, 0.25) is 5.02 Å². The molecule has 0 heterocycles. The molecule has 0 radical (unpaired) electrons. The second-order valence-electron chi connectivity index (χ2n) is 6.91. The van der Waals surface area contributed by atoms with Crippen molar-refractivity contribution in [3.8, 4) is 0 Å². The lowest BCUT2D eigenvalue weighted by molar-refractivity contribution is -0.148. The van der Waals surface area contributed by atoms with Crippen molar-refractivity contribution < 1.29 is 9.59 Å². The number of halogens is 1. The predicted octanol–water partition coefficient (Wildman–Crippen LogP) is 4.77. The summed E-state index contributed by atoms with van der Waals surface area (Å²) >= 11 is 6.44. The maximum Gasteiger partial charge on any atom is 0.223 e. The number of carbonyl (C=O) groups is 2. The van der Waals surface area contributed by atoms with Crippen molar-refractivity contribution in [2.24, 2.45) is 0 Å². The van der Waals surface area contributed by atoms with Gasteiger partial charge < -0.3 is 4.90 Å². The third-order valence-corrected chi connectivity index (χ3v) is 5.72. The highest BCUT2D eigenvalue weighted by atomic mass is 35.5. The lowest BCUT2D eigenvalue weighted by Crippen LogP contribution is -2.54. The van der Waals surface area contributed by atoms with Crippen molar-refractivity contribution in [3.63, 3.8) is 0 Å². The largest absolute Gasteiger partial charge is 0.329 e. The summed E-state index contributed by atoms with van der Waals surface area (Å²) in [5, 5.41) is 0.547. The van der Waals surface area contributed by atoms with Gasteiger partial charge in [-0.2, -0.15) is 0 Å². The van der Waals surface area contributed by atoms with Crippen molar-refractivity contribution in [1.82, 2.24) is 4.90 Å². The molecule has 0 bridgehead atoms. The molecule has 0 aliphatic heterocycles. The van der Waals surface area contributed by atoms with E-state index in [-0.39, 0.29) is 11.7 Å². The number of hydrogen-bond donors (Lipinski definition) is 0. The Morgan fingerprint density at radius 2 is 1.77 bits per heavy atom. The lowest BCUT2D eigenvalue weighted by atomic mass is 9.74. The summed E-state index contributed by atoms with van der Waals surface area (Å²) in [7, 11) is 1.75. The van der Waals surface area contributed by atoms with Gasteiger partial charge in [-0.25, -0.2) is 0 Å². The van der Waals surface area contributed by atoms with E-state index < -0.39 is 5.54 Å². The first-order valence-electron chi connectivity index (χ1n) is 9.14. The molecule has 3 nitrogen and oxygen atoms in total. The Labute approximate surface area is 160 Å². The van der Waals surface area contributed by atoms with E-state index in [0.29, 0.717) is 30.7 Å². The number of rotatable bonds is 5. The minimum atomic E-state index is -0.940. The summed E-state index contributed by atoms with van der Waals surface area (Å²) in [6.07, 6.45) is 3.94. The fourth-order valence-electron chi connectivity index (χ4n) is 3.91. The van der Waals surface area contributed by atoms with Crippen LogP contribution in [-0.2, 0) is 21.5 Å². The zero-order valence-electron chi connectivity index (χ0n) is 15.1. The molecule has 26 heavy (non-hydrogen) atoms. The molecule has 4 heteroatoms. The fourth-order valence-corrected chi connectivity index (χ4v) is 4.20. The van der Waals surface area contributed by atoms with E-state index in [9.17, 15) is 9.59 Å². The predicted molar refractivity (Wildman–Crippen MR) is 104 cm³/mol. The average molecular weight is 370 g/mol. The monoisotopic (exact) mass is 369 g/mol. The van der Waals surface area contributed by atoms with Crippen LogP contribution in [0.1, 0.15) is 43.2 Å². The summed E-state index contributed by atoms with van der Waals surface area (Å²) in [6.45, 7) is 0. The van der Waals surface area contributed by atoms with Gasteiger partial charge in [-0.05, 0) is 37.3 Å². The number of likely N-dealkylation sites (N-methyl/N-ethyl adjacent to an activating group) is 1. The summed E-state index contributed by atoms with van der Waals surface area (Å²) in [5.74, 6) is 0.0661. The van der Waals surface area contributed by atoms with Gasteiger partial charge in [0, 0.05) is 30.5 Å². The maximum atomic E-state index is 13.0. The van der Waals surface area contributed by atoms with Crippen LogP contribution in [0.3, 0.4) is 0 Å². The summed E-state index contributed by atoms with van der Waals surface area (Å²) in [6, 6.07) is 17.3. The van der Waals surface area contributed by atoms with Crippen LogP contribution in [0.15, 0.2) is 54.6 Å². The van der Waals surface area contributed by atoms with Crippen LogP contribution in [0, 0.1) is 0 Å². The number of amides is 1. The Balaban J connectivity index is 1.88. The van der Waals surface area contributed by atoms with Gasteiger partial charge in [0.2, 0.25) is 5.91 Å². The first kappa shape index (κ1) is 18.7. The standard InChI is InChI=1S/C22H24ClNO2/c1-24(21(26)15-14-17-9-3-2-4-10-17)22(16-8-7-13-20(22)25)18-11-5-6-12-19(18)23/h2-6,9-12H,7-8,13-16H2,1H3. The van der Waals surface area contributed by atoms with Crippen molar-refractivity contribution in [3.05, 3.63) is 70.7 Å². The van der Waals surface area contributed by atoms with Gasteiger partial charge in [-0.15, -0.1) is 0 Å². The maximum absolute atomic E-state index is 13.0. The first-order chi connectivity index (χ1) is 12.6. The molecule has 1 aliphatic carbocycles. The Morgan fingerprint density at radius 3 is 2.46 bits per heavy atom. The van der Waals surface area contributed by atoms with Crippen molar-refractivity contribution in [1.29, 1.82) is 0 Å². The minimum Gasteiger partial charge on any atom is -0.329 e. The number of carbonyl (C=O) groups excluding carboxylic acids is 2. The van der Waals surface area contributed by atoms with E-state index in [0.717, 1.165) is 24.0 Å². The molecule has 1 fully saturated rings. The Bertz CT molecular complexity index is 790. The normalized spacial score (nSPS) is 20.0. The molecule has 2 aromatic carbocycles. The van der Waals surface area contributed by atoms with Crippen molar-refractivity contribution in [2.45, 2.75) is 44.1 Å². The van der Waals surface area contributed by atoms with E-state index in [4.69, 9.17) is 11.6 Å². The van der Waals surface area contributed by atoms with Gasteiger partial charge >= 0.3 is 0 Å². The number of Topliss-reactive ketones (excluding diaryl/α,β-unsaturated/α-hetero) is 1. The zero-order chi connectivity index (χ0) is 18.6. The topological polar surface area (TPSA) is 37.4 Å². The quantitative estimate of drug-likeness (QED) is 0.761. The van der Waals surface area contributed by atoms with E-state index in [1.54, 1.807) is 18.0 Å². The molecular weight excluding hydrogens is 346 g/mol. The van der Waals surface area contributed by atoms with Gasteiger partial charge in [0.25, 0.3) is 0 Å². The highest BCUT2D eigenvalue weighted by Gasteiger charge is 2.47. The van der Waals surface area contributed by atoms with Crippen LogP contribution in [0.5, 0.6) is 0 Å². The van der Waals surface area contributed by atoms with Crippen molar-refractivity contribution in [2.75, 3.05) is 7.05 Å².